The zero-order valence-corrected chi connectivity index (χ0v) is 7.68. The van der Waals surface area contributed by atoms with Gasteiger partial charge in [0.25, 0.3) is 0 Å². The second kappa shape index (κ2) is 4.45. The second-order valence-corrected chi connectivity index (χ2v) is 3.70. The summed E-state index contributed by atoms with van der Waals surface area (Å²) in [5.41, 5.74) is 5.52. The van der Waals surface area contributed by atoms with Gasteiger partial charge in [0.2, 0.25) is 5.91 Å². The third-order valence-electron chi connectivity index (χ3n) is 2.32. The van der Waals surface area contributed by atoms with Crippen molar-refractivity contribution in [3.63, 3.8) is 0 Å². The molecule has 1 amide bonds. The van der Waals surface area contributed by atoms with E-state index in [4.69, 9.17) is 5.73 Å². The summed E-state index contributed by atoms with van der Waals surface area (Å²) in [7, 11) is 0. The minimum Gasteiger partial charge on any atom is -0.354 e. The third-order valence-corrected chi connectivity index (χ3v) is 2.32. The van der Waals surface area contributed by atoms with E-state index in [9.17, 15) is 4.79 Å². The highest BCUT2D eigenvalue weighted by Gasteiger charge is 2.21. The normalized spacial score (nSPS) is 20.8. The number of carbonyl (C=O) groups excluding carboxylic acids is 1. The summed E-state index contributed by atoms with van der Waals surface area (Å²) < 4.78 is 0. The molecular formula is C9H18N2O. The molecule has 1 atom stereocenters. The number of hydrogen-bond donors (Lipinski definition) is 2. The Morgan fingerprint density at radius 1 is 1.58 bits per heavy atom. The fourth-order valence-electron chi connectivity index (χ4n) is 1.59. The fraction of sp³-hybridized carbons (Fsp3) is 0.889. The Kier molecular flexibility index (Phi) is 3.53. The smallest absolute Gasteiger partial charge is 0.223 e. The van der Waals surface area contributed by atoms with E-state index in [1.54, 1.807) is 0 Å². The number of nitrogens with one attached hydrogen (secondary N) is 1. The molecule has 70 valence electrons. The van der Waals surface area contributed by atoms with E-state index in [1.807, 2.05) is 6.92 Å². The van der Waals surface area contributed by atoms with E-state index in [2.05, 4.69) is 5.32 Å². The van der Waals surface area contributed by atoms with Gasteiger partial charge in [0.05, 0.1) is 0 Å². The van der Waals surface area contributed by atoms with Crippen molar-refractivity contribution < 1.29 is 4.79 Å². The molecule has 3 N–H and O–H groups in total. The Balaban J connectivity index is 2.18. The van der Waals surface area contributed by atoms with Gasteiger partial charge in [-0.25, -0.2) is 0 Å². The lowest BCUT2D eigenvalue weighted by molar-refractivity contribution is -0.124. The van der Waals surface area contributed by atoms with Crippen LogP contribution >= 0.6 is 0 Å². The average Bonchev–Trinajstić information content (AvgIpc) is 2.51. The van der Waals surface area contributed by atoms with Crippen LogP contribution < -0.4 is 11.1 Å². The number of rotatable bonds is 3. The van der Waals surface area contributed by atoms with Crippen LogP contribution in [0, 0.1) is 5.92 Å². The van der Waals surface area contributed by atoms with Gasteiger partial charge in [-0.2, -0.15) is 0 Å². The van der Waals surface area contributed by atoms with Crippen LogP contribution in [0.4, 0.5) is 0 Å². The monoisotopic (exact) mass is 170 g/mol. The molecule has 0 bridgehead atoms. The van der Waals surface area contributed by atoms with Crippen molar-refractivity contribution in [2.75, 3.05) is 6.54 Å². The summed E-state index contributed by atoms with van der Waals surface area (Å²) in [5.74, 6) is 0.466. The first-order chi connectivity index (χ1) is 5.70. The van der Waals surface area contributed by atoms with Gasteiger partial charge in [0.15, 0.2) is 0 Å². The molecule has 0 aromatic rings. The van der Waals surface area contributed by atoms with Crippen molar-refractivity contribution in [1.82, 2.24) is 5.32 Å². The summed E-state index contributed by atoms with van der Waals surface area (Å²) in [6.07, 6.45) is 4.53. The lowest BCUT2D eigenvalue weighted by atomic mass is 10.1. The number of nitrogens with two attached hydrogens (primary N) is 1. The van der Waals surface area contributed by atoms with E-state index in [1.165, 1.54) is 12.8 Å². The molecule has 12 heavy (non-hydrogen) atoms. The molecule has 0 aromatic carbocycles. The summed E-state index contributed by atoms with van der Waals surface area (Å²) in [4.78, 5) is 11.4. The first-order valence-electron chi connectivity index (χ1n) is 4.73. The first kappa shape index (κ1) is 9.52. The molecular weight excluding hydrogens is 152 g/mol. The van der Waals surface area contributed by atoms with E-state index in [0.717, 1.165) is 12.8 Å². The molecule has 0 heterocycles. The topological polar surface area (TPSA) is 55.1 Å². The van der Waals surface area contributed by atoms with Gasteiger partial charge in [0.1, 0.15) is 0 Å². The minimum atomic E-state index is 0.0651. The maximum Gasteiger partial charge on any atom is 0.223 e. The Hall–Kier alpha value is -0.570. The molecule has 0 aliphatic heterocycles. The SMILES string of the molecule is CC(N)CNC(=O)C1CCCC1. The van der Waals surface area contributed by atoms with Crippen molar-refractivity contribution in [1.29, 1.82) is 0 Å². The zero-order chi connectivity index (χ0) is 8.97. The highest BCUT2D eigenvalue weighted by atomic mass is 16.1. The van der Waals surface area contributed by atoms with Crippen LogP contribution in [-0.4, -0.2) is 18.5 Å². The summed E-state index contributed by atoms with van der Waals surface area (Å²) in [6, 6.07) is 0.0651. The zero-order valence-electron chi connectivity index (χ0n) is 7.68. The quantitative estimate of drug-likeness (QED) is 0.653. The molecule has 1 aliphatic rings. The Morgan fingerprint density at radius 2 is 2.17 bits per heavy atom. The molecule has 3 nitrogen and oxygen atoms in total. The van der Waals surface area contributed by atoms with Crippen molar-refractivity contribution >= 4 is 5.91 Å². The second-order valence-electron chi connectivity index (χ2n) is 3.70. The highest BCUT2D eigenvalue weighted by molar-refractivity contribution is 5.78. The van der Waals surface area contributed by atoms with Gasteiger partial charge in [-0.05, 0) is 19.8 Å². The Bertz CT molecular complexity index is 151. The van der Waals surface area contributed by atoms with E-state index < -0.39 is 0 Å². The number of hydrogen-bond acceptors (Lipinski definition) is 2. The molecule has 1 aliphatic carbocycles. The fourth-order valence-corrected chi connectivity index (χ4v) is 1.59. The van der Waals surface area contributed by atoms with Crippen molar-refractivity contribution in [3.8, 4) is 0 Å². The number of carbonyl (C=O) groups is 1. The maximum atomic E-state index is 11.4. The minimum absolute atomic E-state index is 0.0651. The van der Waals surface area contributed by atoms with Gasteiger partial charge in [-0.15, -0.1) is 0 Å². The highest BCUT2D eigenvalue weighted by Crippen LogP contribution is 2.24. The Labute approximate surface area is 73.7 Å². The summed E-state index contributed by atoms with van der Waals surface area (Å²) in [6.45, 7) is 2.50. The van der Waals surface area contributed by atoms with Crippen LogP contribution in [0.1, 0.15) is 32.6 Å². The maximum absolute atomic E-state index is 11.4. The molecule has 1 fully saturated rings. The lowest BCUT2D eigenvalue weighted by Crippen LogP contribution is -2.37. The number of amides is 1. The first-order valence-corrected chi connectivity index (χ1v) is 4.73. The molecule has 1 rings (SSSR count). The van der Waals surface area contributed by atoms with Crippen molar-refractivity contribution in [3.05, 3.63) is 0 Å². The standard InChI is InChI=1S/C9H18N2O/c1-7(10)6-11-9(12)8-4-2-3-5-8/h7-8H,2-6,10H2,1H3,(H,11,12). The van der Waals surface area contributed by atoms with Gasteiger partial charge in [-0.1, -0.05) is 12.8 Å². The Morgan fingerprint density at radius 3 is 2.67 bits per heavy atom. The summed E-state index contributed by atoms with van der Waals surface area (Å²) >= 11 is 0. The van der Waals surface area contributed by atoms with Crippen LogP contribution in [0.15, 0.2) is 0 Å². The van der Waals surface area contributed by atoms with E-state index in [0.29, 0.717) is 6.54 Å². The van der Waals surface area contributed by atoms with Gasteiger partial charge >= 0.3 is 0 Å². The largest absolute Gasteiger partial charge is 0.354 e. The molecule has 0 spiro atoms. The van der Waals surface area contributed by atoms with E-state index in [-0.39, 0.29) is 17.9 Å². The predicted molar refractivity (Wildman–Crippen MR) is 48.6 cm³/mol. The molecule has 1 unspecified atom stereocenters. The molecule has 0 aromatic heterocycles. The molecule has 3 heteroatoms. The lowest BCUT2D eigenvalue weighted by Gasteiger charge is -2.11. The van der Waals surface area contributed by atoms with Gasteiger partial charge in [0, 0.05) is 18.5 Å². The summed E-state index contributed by atoms with van der Waals surface area (Å²) in [5, 5.41) is 2.86. The van der Waals surface area contributed by atoms with Crippen LogP contribution in [0.2, 0.25) is 0 Å². The molecule has 1 saturated carbocycles. The van der Waals surface area contributed by atoms with Crippen LogP contribution in [0.25, 0.3) is 0 Å². The van der Waals surface area contributed by atoms with E-state index >= 15 is 0 Å². The average molecular weight is 170 g/mol. The van der Waals surface area contributed by atoms with Gasteiger partial charge in [-0.3, -0.25) is 4.79 Å². The van der Waals surface area contributed by atoms with Gasteiger partial charge < -0.3 is 11.1 Å². The van der Waals surface area contributed by atoms with Crippen LogP contribution in [0.5, 0.6) is 0 Å². The third kappa shape index (κ3) is 2.81. The van der Waals surface area contributed by atoms with Crippen molar-refractivity contribution in [2.45, 2.75) is 38.6 Å². The molecule has 0 saturated heterocycles. The predicted octanol–water partition coefficient (Wildman–Crippen LogP) is 0.640. The molecule has 0 radical (unpaired) electrons. The van der Waals surface area contributed by atoms with Crippen molar-refractivity contribution in [2.24, 2.45) is 11.7 Å². The van der Waals surface area contributed by atoms with Crippen LogP contribution in [0.3, 0.4) is 0 Å². The van der Waals surface area contributed by atoms with Crippen LogP contribution in [-0.2, 0) is 4.79 Å².